The van der Waals surface area contributed by atoms with Gasteiger partial charge in [0.15, 0.2) is 0 Å². The molecule has 4 rings (SSSR count). The Hall–Kier alpha value is -2.75. The van der Waals surface area contributed by atoms with Gasteiger partial charge in [-0.25, -0.2) is 0 Å². The lowest BCUT2D eigenvalue weighted by Crippen LogP contribution is -2.09. The van der Waals surface area contributed by atoms with Gasteiger partial charge in [0.2, 0.25) is 0 Å². The Morgan fingerprint density at radius 3 is 1.61 bits per heavy atom. The Balaban J connectivity index is 1.84. The predicted molar refractivity (Wildman–Crippen MR) is 141 cm³/mol. The van der Waals surface area contributed by atoms with Gasteiger partial charge in [0, 0.05) is 49.3 Å². The van der Waals surface area contributed by atoms with E-state index in [-0.39, 0.29) is 0 Å². The summed E-state index contributed by atoms with van der Waals surface area (Å²) < 4.78 is 0. The van der Waals surface area contributed by atoms with Crippen molar-refractivity contribution >= 4 is 47.1 Å². The molecule has 1 atom stereocenters. The van der Waals surface area contributed by atoms with E-state index < -0.39 is 9.70 Å². The molecule has 1 heterocycles. The average Bonchev–Trinajstić information content (AvgIpc) is 2.80. The van der Waals surface area contributed by atoms with Crippen LogP contribution in [-0.4, -0.2) is 33.1 Å². The van der Waals surface area contributed by atoms with Crippen LogP contribution in [0.4, 0.5) is 11.4 Å². The minimum Gasteiger partial charge on any atom is -0.378 e. The van der Waals surface area contributed by atoms with Crippen molar-refractivity contribution in [2.75, 3.05) is 38.0 Å². The third-order valence-corrected chi connectivity index (χ3v) is 7.88. The van der Waals surface area contributed by atoms with Crippen LogP contribution in [0.2, 0.25) is 0 Å². The summed E-state index contributed by atoms with van der Waals surface area (Å²) in [6.45, 7) is 0. The van der Waals surface area contributed by atoms with Crippen molar-refractivity contribution in [2.45, 2.75) is 0 Å². The molecule has 0 saturated carbocycles. The molecule has 0 amide bonds. The molecule has 158 valence electrons. The second kappa shape index (κ2) is 9.17. The van der Waals surface area contributed by atoms with Gasteiger partial charge in [-0.2, -0.15) is 0 Å². The van der Waals surface area contributed by atoms with Crippen LogP contribution in [0.5, 0.6) is 0 Å². The van der Waals surface area contributed by atoms with E-state index >= 15 is 0 Å². The summed E-state index contributed by atoms with van der Waals surface area (Å²) in [4.78, 5) is 6.53. The largest absolute Gasteiger partial charge is 0.378 e. The highest BCUT2D eigenvalue weighted by molar-refractivity contribution is 8.42. The van der Waals surface area contributed by atoms with E-state index in [1.54, 1.807) is 0 Å². The van der Waals surface area contributed by atoms with E-state index in [9.17, 15) is 0 Å². The summed E-state index contributed by atoms with van der Waals surface area (Å²) in [7, 11) is 14.8. The maximum Gasteiger partial charge on any atom is 0.0361 e. The maximum absolute atomic E-state index is 7.13. The number of rotatable bonds is 5. The number of hydrogen-bond acceptors (Lipinski definition) is 2. The van der Waals surface area contributed by atoms with Gasteiger partial charge in [-0.15, -0.1) is 0 Å². The van der Waals surface area contributed by atoms with Gasteiger partial charge >= 0.3 is 0 Å². The van der Waals surface area contributed by atoms with Crippen molar-refractivity contribution in [1.82, 2.24) is 0 Å². The summed E-state index contributed by atoms with van der Waals surface area (Å²) in [5.41, 5.74) is 7.05. The van der Waals surface area contributed by atoms with Crippen molar-refractivity contribution < 1.29 is 0 Å². The molecule has 3 aromatic carbocycles. The van der Waals surface area contributed by atoms with Crippen LogP contribution in [0.1, 0.15) is 16.7 Å². The quantitative estimate of drug-likeness (QED) is 0.393. The fraction of sp³-hybridized carbons (Fsp3) is 0.148. The molecular formula is C27H27ClN2S. The first-order chi connectivity index (χ1) is 14.9. The first-order valence-corrected chi connectivity index (χ1v) is 12.3. The minimum atomic E-state index is -0.550. The highest BCUT2D eigenvalue weighted by Crippen LogP contribution is 2.46. The van der Waals surface area contributed by atoms with E-state index in [0.717, 1.165) is 20.9 Å². The van der Waals surface area contributed by atoms with Gasteiger partial charge in [0.05, 0.1) is 0 Å². The molecule has 0 N–H and O–H groups in total. The van der Waals surface area contributed by atoms with Crippen LogP contribution in [0.15, 0.2) is 91.0 Å². The fourth-order valence-corrected chi connectivity index (χ4v) is 5.75. The molecule has 0 aromatic heterocycles. The molecule has 1 unspecified atom stereocenters. The molecule has 2 nitrogen and oxygen atoms in total. The second-order valence-electron chi connectivity index (χ2n) is 7.98. The van der Waals surface area contributed by atoms with Gasteiger partial charge in [0.25, 0.3) is 0 Å². The third kappa shape index (κ3) is 4.63. The summed E-state index contributed by atoms with van der Waals surface area (Å²) in [6.07, 6.45) is 4.49. The van der Waals surface area contributed by atoms with Crippen LogP contribution in [0.25, 0.3) is 10.5 Å². The standard InChI is InChI=1S/C27H27ClN2S/c1-29(2)24-14-10-21(11-15-24)26-18-23(20-8-6-5-7-9-20)19-27(31(26)28)22-12-16-25(17-13-22)30(3)4/h5-19H,1-4H3. The molecule has 0 spiro atoms. The molecule has 0 fully saturated rings. The predicted octanol–water partition coefficient (Wildman–Crippen LogP) is 6.90. The zero-order valence-electron chi connectivity index (χ0n) is 18.3. The summed E-state index contributed by atoms with van der Waals surface area (Å²) >= 11 is 0. The molecule has 0 saturated heterocycles. The first-order valence-electron chi connectivity index (χ1n) is 10.3. The maximum atomic E-state index is 7.13. The Morgan fingerprint density at radius 2 is 1.10 bits per heavy atom. The Bertz CT molecular complexity index is 1160. The van der Waals surface area contributed by atoms with Crippen LogP contribution in [0, 0.1) is 0 Å². The average molecular weight is 447 g/mol. The van der Waals surface area contributed by atoms with Gasteiger partial charge < -0.3 is 9.80 Å². The van der Waals surface area contributed by atoms with Crippen LogP contribution in [-0.2, 0) is 0 Å². The monoisotopic (exact) mass is 446 g/mol. The lowest BCUT2D eigenvalue weighted by Gasteiger charge is -2.21. The Morgan fingerprint density at radius 1 is 0.581 bits per heavy atom. The third-order valence-electron chi connectivity index (χ3n) is 5.40. The van der Waals surface area contributed by atoms with E-state index in [4.69, 9.17) is 10.7 Å². The fourth-order valence-electron chi connectivity index (χ4n) is 3.56. The molecule has 3 aromatic rings. The first kappa shape index (κ1) is 21.5. The summed E-state index contributed by atoms with van der Waals surface area (Å²) in [5.74, 6) is 0. The lowest BCUT2D eigenvalue weighted by atomic mass is 10.0. The molecule has 31 heavy (non-hydrogen) atoms. The molecule has 0 aliphatic carbocycles. The Kier molecular flexibility index (Phi) is 6.35. The van der Waals surface area contributed by atoms with E-state index in [0.29, 0.717) is 0 Å². The molecule has 0 bridgehead atoms. The zero-order chi connectivity index (χ0) is 22.0. The van der Waals surface area contributed by atoms with Crippen LogP contribution < -0.4 is 9.80 Å². The van der Waals surface area contributed by atoms with E-state index in [1.807, 2.05) is 6.07 Å². The second-order valence-corrected chi connectivity index (χ2v) is 10.3. The van der Waals surface area contributed by atoms with Crippen molar-refractivity contribution in [3.8, 4) is 0 Å². The number of anilines is 2. The van der Waals surface area contributed by atoms with Gasteiger partial charge in [0.1, 0.15) is 0 Å². The SMILES string of the molecule is CN(C)c1ccc(C2=CC(c3ccccc3)=CC(c3ccc(N(C)C)cc3)=S2Cl)cc1. The zero-order valence-corrected chi connectivity index (χ0v) is 19.9. The topological polar surface area (TPSA) is 6.48 Å². The lowest BCUT2D eigenvalue weighted by molar-refractivity contribution is 1.13. The molecule has 0 radical (unpaired) electrons. The van der Waals surface area contributed by atoms with Crippen molar-refractivity contribution in [3.05, 3.63) is 108 Å². The number of benzene rings is 3. The van der Waals surface area contributed by atoms with Gasteiger partial charge in [-0.3, -0.25) is 0 Å². The smallest absolute Gasteiger partial charge is 0.0361 e. The highest BCUT2D eigenvalue weighted by atomic mass is 35.7. The minimum absolute atomic E-state index is 0.550. The number of nitrogens with zero attached hydrogens (tertiary/aromatic N) is 2. The van der Waals surface area contributed by atoms with Gasteiger partial charge in [-0.1, -0.05) is 64.3 Å². The van der Waals surface area contributed by atoms with Crippen molar-refractivity contribution in [3.63, 3.8) is 0 Å². The van der Waals surface area contributed by atoms with E-state index in [1.165, 1.54) is 22.5 Å². The number of allylic oxidation sites excluding steroid dienone is 3. The van der Waals surface area contributed by atoms with E-state index in [2.05, 4.69) is 123 Å². The number of halogens is 1. The van der Waals surface area contributed by atoms with Crippen LogP contribution in [0.3, 0.4) is 0 Å². The highest BCUT2D eigenvalue weighted by Gasteiger charge is 2.18. The summed E-state index contributed by atoms with van der Waals surface area (Å²) in [6, 6.07) is 27.8. The molecule has 1 aliphatic rings. The van der Waals surface area contributed by atoms with Crippen molar-refractivity contribution in [1.29, 1.82) is 0 Å². The number of hydrogen-bond donors (Lipinski definition) is 0. The van der Waals surface area contributed by atoms with Crippen molar-refractivity contribution in [2.24, 2.45) is 0 Å². The summed E-state index contributed by atoms with van der Waals surface area (Å²) in [5, 5.41) is 0. The van der Waals surface area contributed by atoms with Crippen LogP contribution >= 0.6 is 20.4 Å². The Labute approximate surface area is 192 Å². The van der Waals surface area contributed by atoms with Gasteiger partial charge in [-0.05, 0) is 69.4 Å². The molecule has 1 aliphatic heterocycles. The molecular weight excluding hydrogens is 420 g/mol. The molecule has 4 heteroatoms. The normalized spacial score (nSPS) is 15.9.